The molecule has 0 radical (unpaired) electrons. The quantitative estimate of drug-likeness (QED) is 0.274. The van der Waals surface area contributed by atoms with Crippen molar-refractivity contribution in [3.8, 4) is 11.1 Å². The molecule has 0 atom stereocenters. The van der Waals surface area contributed by atoms with Gasteiger partial charge in [0.1, 0.15) is 0 Å². The summed E-state index contributed by atoms with van der Waals surface area (Å²) in [6.07, 6.45) is 4.95. The van der Waals surface area contributed by atoms with E-state index < -0.39 is 0 Å². The van der Waals surface area contributed by atoms with Crippen LogP contribution in [0, 0.1) is 0 Å². The molecule has 3 N–H and O–H groups in total. The van der Waals surface area contributed by atoms with Crippen LogP contribution in [-0.4, -0.2) is 11.0 Å². The molecule has 0 heterocycles. The van der Waals surface area contributed by atoms with E-state index in [0.717, 1.165) is 17.5 Å². The molecule has 0 aliphatic rings. The largest absolute Gasteiger partial charge is 0.409 e. The van der Waals surface area contributed by atoms with Crippen LogP contribution in [0.4, 0.5) is 0 Å². The van der Waals surface area contributed by atoms with Gasteiger partial charge in [0.25, 0.3) is 0 Å². The Morgan fingerprint density at radius 1 is 0.952 bits per heavy atom. The zero-order valence-corrected chi connectivity index (χ0v) is 12.4. The highest BCUT2D eigenvalue weighted by Gasteiger charge is 2.01. The molecule has 3 heteroatoms. The summed E-state index contributed by atoms with van der Waals surface area (Å²) in [5.41, 5.74) is 9.98. The fourth-order valence-corrected chi connectivity index (χ4v) is 2.33. The molecule has 2 rings (SSSR count). The van der Waals surface area contributed by atoms with E-state index in [0.29, 0.717) is 0 Å². The number of hydrogen-bond acceptors (Lipinski definition) is 2. The minimum atomic E-state index is 0.132. The molecule has 0 unspecified atom stereocenters. The molecule has 2 aromatic carbocycles. The van der Waals surface area contributed by atoms with E-state index in [1.54, 1.807) is 0 Å². The first kappa shape index (κ1) is 15.1. The Labute approximate surface area is 126 Å². The van der Waals surface area contributed by atoms with Crippen molar-refractivity contribution < 1.29 is 5.21 Å². The van der Waals surface area contributed by atoms with Gasteiger partial charge in [-0.3, -0.25) is 0 Å². The highest BCUT2D eigenvalue weighted by atomic mass is 16.4. The fourth-order valence-electron chi connectivity index (χ4n) is 2.33. The molecule has 0 amide bonds. The summed E-state index contributed by atoms with van der Waals surface area (Å²) in [6.45, 7) is 2.22. The lowest BCUT2D eigenvalue weighted by Crippen LogP contribution is -2.12. The lowest BCUT2D eigenvalue weighted by Gasteiger charge is -2.06. The van der Waals surface area contributed by atoms with Crippen LogP contribution < -0.4 is 5.73 Å². The van der Waals surface area contributed by atoms with Crippen LogP contribution in [0.1, 0.15) is 37.3 Å². The lowest BCUT2D eigenvalue weighted by atomic mass is 10.0. The summed E-state index contributed by atoms with van der Waals surface area (Å²) < 4.78 is 0. The van der Waals surface area contributed by atoms with Crippen LogP contribution in [0.2, 0.25) is 0 Å². The molecule has 3 nitrogen and oxygen atoms in total. The fraction of sp³-hybridized carbons (Fsp3) is 0.278. The van der Waals surface area contributed by atoms with Gasteiger partial charge < -0.3 is 10.9 Å². The molecular weight excluding hydrogens is 260 g/mol. The minimum absolute atomic E-state index is 0.132. The number of hydrogen-bond donors (Lipinski definition) is 2. The molecule has 0 aliphatic carbocycles. The SMILES string of the molecule is CCCCCc1ccc(-c2ccc(/C(N)=N\O)cc2)cc1. The van der Waals surface area contributed by atoms with E-state index in [4.69, 9.17) is 10.9 Å². The van der Waals surface area contributed by atoms with E-state index in [1.165, 1.54) is 30.4 Å². The maximum atomic E-state index is 8.66. The van der Waals surface area contributed by atoms with Crippen molar-refractivity contribution in [1.29, 1.82) is 0 Å². The zero-order chi connectivity index (χ0) is 15.1. The van der Waals surface area contributed by atoms with Gasteiger partial charge in [-0.2, -0.15) is 0 Å². The van der Waals surface area contributed by atoms with E-state index >= 15 is 0 Å². The predicted octanol–water partition coefficient (Wildman–Crippen LogP) is 4.18. The number of benzene rings is 2. The van der Waals surface area contributed by atoms with Crippen molar-refractivity contribution in [3.05, 3.63) is 59.7 Å². The summed E-state index contributed by atoms with van der Waals surface area (Å²) in [4.78, 5) is 0. The summed E-state index contributed by atoms with van der Waals surface area (Å²) in [6, 6.07) is 16.4. The normalized spacial score (nSPS) is 11.6. The molecule has 0 saturated heterocycles. The second-order valence-corrected chi connectivity index (χ2v) is 5.22. The average molecular weight is 282 g/mol. The molecular formula is C18H22N2O. The number of aryl methyl sites for hydroxylation is 1. The molecule has 0 fully saturated rings. The highest BCUT2D eigenvalue weighted by molar-refractivity contribution is 5.97. The minimum Gasteiger partial charge on any atom is -0.409 e. The van der Waals surface area contributed by atoms with Crippen LogP contribution in [0.15, 0.2) is 53.7 Å². The Morgan fingerprint density at radius 3 is 2.05 bits per heavy atom. The Hall–Kier alpha value is -2.29. The summed E-state index contributed by atoms with van der Waals surface area (Å²) in [5, 5.41) is 11.7. The van der Waals surface area contributed by atoms with E-state index in [9.17, 15) is 0 Å². The maximum Gasteiger partial charge on any atom is 0.170 e. The van der Waals surface area contributed by atoms with Gasteiger partial charge in [-0.25, -0.2) is 0 Å². The number of unbranched alkanes of at least 4 members (excludes halogenated alkanes) is 2. The van der Waals surface area contributed by atoms with Gasteiger partial charge in [-0.05, 0) is 29.5 Å². The third kappa shape index (κ3) is 4.09. The number of nitrogens with zero attached hydrogens (tertiary/aromatic N) is 1. The Kier molecular flexibility index (Phi) is 5.38. The lowest BCUT2D eigenvalue weighted by molar-refractivity contribution is 0.318. The third-order valence-electron chi connectivity index (χ3n) is 3.64. The molecule has 0 saturated carbocycles. The first-order valence-corrected chi connectivity index (χ1v) is 7.42. The Morgan fingerprint density at radius 2 is 1.52 bits per heavy atom. The second-order valence-electron chi connectivity index (χ2n) is 5.22. The van der Waals surface area contributed by atoms with E-state index in [-0.39, 0.29) is 5.84 Å². The highest BCUT2D eigenvalue weighted by Crippen LogP contribution is 2.21. The molecule has 110 valence electrons. The van der Waals surface area contributed by atoms with E-state index in [1.807, 2.05) is 24.3 Å². The average Bonchev–Trinajstić information content (AvgIpc) is 2.55. The third-order valence-corrected chi connectivity index (χ3v) is 3.64. The van der Waals surface area contributed by atoms with Crippen molar-refractivity contribution in [3.63, 3.8) is 0 Å². The van der Waals surface area contributed by atoms with Crippen molar-refractivity contribution in [2.75, 3.05) is 0 Å². The molecule has 0 aliphatic heterocycles. The summed E-state index contributed by atoms with van der Waals surface area (Å²) in [5.74, 6) is 0.132. The van der Waals surface area contributed by atoms with Gasteiger partial charge in [0.15, 0.2) is 5.84 Å². The van der Waals surface area contributed by atoms with Crippen molar-refractivity contribution in [2.45, 2.75) is 32.6 Å². The number of nitrogens with two attached hydrogens (primary N) is 1. The van der Waals surface area contributed by atoms with Gasteiger partial charge in [-0.1, -0.05) is 73.5 Å². The van der Waals surface area contributed by atoms with Gasteiger partial charge >= 0.3 is 0 Å². The maximum absolute atomic E-state index is 8.66. The zero-order valence-electron chi connectivity index (χ0n) is 12.4. The van der Waals surface area contributed by atoms with E-state index in [2.05, 4.69) is 36.3 Å². The first-order chi connectivity index (χ1) is 10.2. The smallest absolute Gasteiger partial charge is 0.170 e. The van der Waals surface area contributed by atoms with Crippen molar-refractivity contribution in [2.24, 2.45) is 10.9 Å². The second kappa shape index (κ2) is 7.48. The topological polar surface area (TPSA) is 58.6 Å². The van der Waals surface area contributed by atoms with Gasteiger partial charge in [0.2, 0.25) is 0 Å². The first-order valence-electron chi connectivity index (χ1n) is 7.42. The van der Waals surface area contributed by atoms with Crippen LogP contribution in [0.3, 0.4) is 0 Å². The van der Waals surface area contributed by atoms with Gasteiger partial charge in [-0.15, -0.1) is 0 Å². The standard InChI is InChI=1S/C18H22N2O/c1-2-3-4-5-14-6-8-15(9-7-14)16-10-12-17(13-11-16)18(19)20-21/h6-13,21H,2-5H2,1H3,(H2,19,20). The molecule has 0 aromatic heterocycles. The number of rotatable bonds is 6. The van der Waals surface area contributed by atoms with Crippen LogP contribution in [0.25, 0.3) is 11.1 Å². The van der Waals surface area contributed by atoms with Gasteiger partial charge in [0, 0.05) is 5.56 Å². The predicted molar refractivity (Wildman–Crippen MR) is 87.6 cm³/mol. The van der Waals surface area contributed by atoms with Crippen molar-refractivity contribution >= 4 is 5.84 Å². The van der Waals surface area contributed by atoms with Crippen LogP contribution in [0.5, 0.6) is 0 Å². The monoisotopic (exact) mass is 282 g/mol. The van der Waals surface area contributed by atoms with Gasteiger partial charge in [0.05, 0.1) is 0 Å². The van der Waals surface area contributed by atoms with Crippen LogP contribution >= 0.6 is 0 Å². The molecule has 2 aromatic rings. The van der Waals surface area contributed by atoms with Crippen LogP contribution in [-0.2, 0) is 6.42 Å². The molecule has 0 bridgehead atoms. The molecule has 21 heavy (non-hydrogen) atoms. The molecule has 0 spiro atoms. The summed E-state index contributed by atoms with van der Waals surface area (Å²) in [7, 11) is 0. The number of amidine groups is 1. The summed E-state index contributed by atoms with van der Waals surface area (Å²) >= 11 is 0. The van der Waals surface area contributed by atoms with Crippen molar-refractivity contribution in [1.82, 2.24) is 0 Å². The Balaban J connectivity index is 2.08. The number of oxime groups is 1. The Bertz CT molecular complexity index is 586.